The maximum Gasteiger partial charge on any atom is 0.183 e. The minimum absolute atomic E-state index is 0.0541. The molecule has 0 amide bonds. The zero-order valence-corrected chi connectivity index (χ0v) is 13.6. The molecule has 3 rings (SSSR count). The van der Waals surface area contributed by atoms with Crippen molar-refractivity contribution >= 4 is 16.1 Å². The van der Waals surface area contributed by atoms with Gasteiger partial charge in [0.05, 0.1) is 11.0 Å². The van der Waals surface area contributed by atoms with Gasteiger partial charge < -0.3 is 4.79 Å². The summed E-state index contributed by atoms with van der Waals surface area (Å²) < 4.78 is 39.3. The highest BCUT2D eigenvalue weighted by molar-refractivity contribution is 7.92. The maximum atomic E-state index is 13.5. The van der Waals surface area contributed by atoms with Gasteiger partial charge in [0.2, 0.25) is 0 Å². The minimum atomic E-state index is -3.90. The van der Waals surface area contributed by atoms with Gasteiger partial charge in [-0.3, -0.25) is 0 Å². The maximum absolute atomic E-state index is 13.5. The largest absolute Gasteiger partial charge is 0.302 e. The smallest absolute Gasteiger partial charge is 0.183 e. The lowest BCUT2D eigenvalue weighted by Crippen LogP contribution is -2.16. The van der Waals surface area contributed by atoms with Gasteiger partial charge in [0.25, 0.3) is 0 Å². The van der Waals surface area contributed by atoms with E-state index in [1.807, 2.05) is 13.0 Å². The first kappa shape index (κ1) is 16.3. The van der Waals surface area contributed by atoms with Crippen LogP contribution in [0.15, 0.2) is 53.4 Å². The van der Waals surface area contributed by atoms with E-state index in [0.29, 0.717) is 11.8 Å². The molecule has 0 aromatic heterocycles. The number of carbonyl (C=O) groups excluding carboxylic acids is 1. The van der Waals surface area contributed by atoms with Gasteiger partial charge in [-0.15, -0.1) is 0 Å². The van der Waals surface area contributed by atoms with Crippen LogP contribution in [-0.2, 0) is 14.6 Å². The van der Waals surface area contributed by atoms with Gasteiger partial charge in [0.15, 0.2) is 9.84 Å². The van der Waals surface area contributed by atoms with Crippen LogP contribution in [0.5, 0.6) is 0 Å². The number of aldehydes is 1. The first-order chi connectivity index (χ1) is 11.4. The number of hydrogen-bond donors (Lipinski definition) is 0. The second-order valence-corrected chi connectivity index (χ2v) is 8.04. The van der Waals surface area contributed by atoms with Crippen molar-refractivity contribution in [1.82, 2.24) is 0 Å². The van der Waals surface area contributed by atoms with Crippen LogP contribution in [0.4, 0.5) is 4.39 Å². The van der Waals surface area contributed by atoms with Crippen molar-refractivity contribution in [2.24, 2.45) is 5.41 Å². The SMILES string of the molecule is Cc1ccc(S(=O)(=O)[C@@H]2[C@H](c3cccc(F)c3)[C@]2(C#N)C=O)cc1. The normalized spacial score (nSPS) is 25.7. The average Bonchev–Trinajstić information content (AvgIpc) is 3.26. The number of carbonyl (C=O) groups is 1. The van der Waals surface area contributed by atoms with Crippen LogP contribution in [-0.4, -0.2) is 20.0 Å². The third-order valence-electron chi connectivity index (χ3n) is 4.46. The van der Waals surface area contributed by atoms with Gasteiger partial charge >= 0.3 is 0 Å². The van der Waals surface area contributed by atoms with Crippen LogP contribution in [0.1, 0.15) is 17.0 Å². The van der Waals surface area contributed by atoms with Crippen molar-refractivity contribution in [2.75, 3.05) is 0 Å². The lowest BCUT2D eigenvalue weighted by atomic mass is 10.0. The summed E-state index contributed by atoms with van der Waals surface area (Å²) in [4.78, 5) is 11.6. The number of halogens is 1. The zero-order valence-electron chi connectivity index (χ0n) is 12.8. The lowest BCUT2D eigenvalue weighted by Gasteiger charge is -2.05. The van der Waals surface area contributed by atoms with Crippen LogP contribution >= 0.6 is 0 Å². The molecule has 1 saturated carbocycles. The Labute approximate surface area is 139 Å². The number of sulfone groups is 1. The second-order valence-electron chi connectivity index (χ2n) is 5.97. The average molecular weight is 343 g/mol. The Morgan fingerprint density at radius 3 is 2.42 bits per heavy atom. The highest BCUT2D eigenvalue weighted by Crippen LogP contribution is 2.62. The van der Waals surface area contributed by atoms with E-state index in [1.54, 1.807) is 12.1 Å². The fourth-order valence-electron chi connectivity index (χ4n) is 3.14. The quantitative estimate of drug-likeness (QED) is 0.800. The number of aryl methyl sites for hydroxylation is 1. The summed E-state index contributed by atoms with van der Waals surface area (Å²) in [5.41, 5.74) is -0.449. The molecule has 0 bridgehead atoms. The van der Waals surface area contributed by atoms with Gasteiger partial charge in [0.1, 0.15) is 22.8 Å². The molecule has 24 heavy (non-hydrogen) atoms. The Balaban J connectivity index is 2.10. The van der Waals surface area contributed by atoms with Crippen LogP contribution in [0.25, 0.3) is 0 Å². The third kappa shape index (κ3) is 2.33. The summed E-state index contributed by atoms with van der Waals surface area (Å²) in [7, 11) is -3.90. The van der Waals surface area contributed by atoms with Gasteiger partial charge in [0, 0.05) is 5.92 Å². The van der Waals surface area contributed by atoms with Crippen molar-refractivity contribution in [3.8, 4) is 6.07 Å². The molecule has 2 aromatic carbocycles. The van der Waals surface area contributed by atoms with E-state index in [4.69, 9.17) is 0 Å². The molecule has 4 nitrogen and oxygen atoms in total. The Morgan fingerprint density at radius 1 is 1.21 bits per heavy atom. The number of hydrogen-bond acceptors (Lipinski definition) is 4. The van der Waals surface area contributed by atoms with E-state index in [2.05, 4.69) is 0 Å². The van der Waals surface area contributed by atoms with E-state index < -0.39 is 32.2 Å². The third-order valence-corrected chi connectivity index (χ3v) is 6.72. The predicted molar refractivity (Wildman–Crippen MR) is 85.4 cm³/mol. The topological polar surface area (TPSA) is 75.0 Å². The van der Waals surface area contributed by atoms with E-state index in [1.165, 1.54) is 36.4 Å². The van der Waals surface area contributed by atoms with Crippen molar-refractivity contribution in [1.29, 1.82) is 5.26 Å². The molecule has 0 N–H and O–H groups in total. The summed E-state index contributed by atoms with van der Waals surface area (Å²) in [6, 6.07) is 13.4. The van der Waals surface area contributed by atoms with Gasteiger partial charge in [-0.1, -0.05) is 29.8 Å². The molecular formula is C18H14FNO3S. The van der Waals surface area contributed by atoms with Crippen molar-refractivity contribution in [3.63, 3.8) is 0 Å². The molecule has 0 unspecified atom stereocenters. The molecule has 2 aromatic rings. The van der Waals surface area contributed by atoms with Crippen molar-refractivity contribution in [3.05, 3.63) is 65.5 Å². The van der Waals surface area contributed by atoms with Crippen molar-refractivity contribution < 1.29 is 17.6 Å². The number of nitriles is 1. The molecular weight excluding hydrogens is 329 g/mol. The molecule has 1 fully saturated rings. The summed E-state index contributed by atoms with van der Waals surface area (Å²) in [6.07, 6.45) is 0.374. The molecule has 1 aliphatic rings. The molecule has 122 valence electrons. The number of nitrogens with zero attached hydrogens (tertiary/aromatic N) is 1. The fraction of sp³-hybridized carbons (Fsp3) is 0.222. The number of rotatable bonds is 4. The molecule has 1 aliphatic carbocycles. The predicted octanol–water partition coefficient (Wildman–Crippen LogP) is 2.78. The molecule has 0 aliphatic heterocycles. The first-order valence-electron chi connectivity index (χ1n) is 7.30. The Hall–Kier alpha value is -2.52. The van der Waals surface area contributed by atoms with Crippen LogP contribution < -0.4 is 0 Å². The standard InChI is InChI=1S/C18H14FNO3S/c1-12-5-7-15(8-6-12)24(22,23)17-16(18(17,10-20)11-21)13-3-2-4-14(19)9-13/h2-9,11,16-17H,1H3/t16-,17+,18-/m0/s1. The van der Waals surface area contributed by atoms with Crippen LogP contribution in [0.2, 0.25) is 0 Å². The Bertz CT molecular complexity index is 947. The lowest BCUT2D eigenvalue weighted by molar-refractivity contribution is -0.110. The molecule has 3 atom stereocenters. The molecule has 0 radical (unpaired) electrons. The summed E-state index contributed by atoms with van der Waals surface area (Å²) in [6.45, 7) is 1.83. The van der Waals surface area contributed by atoms with E-state index in [-0.39, 0.29) is 4.90 Å². The monoisotopic (exact) mass is 343 g/mol. The molecule has 0 heterocycles. The molecule has 6 heteroatoms. The van der Waals surface area contributed by atoms with Crippen LogP contribution in [0.3, 0.4) is 0 Å². The van der Waals surface area contributed by atoms with Gasteiger partial charge in [-0.05, 0) is 36.8 Å². The molecule has 0 spiro atoms. The Morgan fingerprint density at radius 2 is 1.88 bits per heavy atom. The van der Waals surface area contributed by atoms with E-state index in [9.17, 15) is 22.9 Å². The highest BCUT2D eigenvalue weighted by Gasteiger charge is 2.72. The van der Waals surface area contributed by atoms with Gasteiger partial charge in [-0.25, -0.2) is 12.8 Å². The summed E-state index contributed by atoms with van der Waals surface area (Å²) in [5.74, 6) is -1.41. The number of benzene rings is 2. The summed E-state index contributed by atoms with van der Waals surface area (Å²) >= 11 is 0. The van der Waals surface area contributed by atoms with Crippen molar-refractivity contribution in [2.45, 2.75) is 23.0 Å². The Kier molecular flexibility index (Phi) is 3.77. The zero-order chi connectivity index (χ0) is 17.5. The van der Waals surface area contributed by atoms with Gasteiger partial charge in [-0.2, -0.15) is 5.26 Å². The first-order valence-corrected chi connectivity index (χ1v) is 8.85. The van der Waals surface area contributed by atoms with E-state index in [0.717, 1.165) is 5.56 Å². The minimum Gasteiger partial charge on any atom is -0.302 e. The highest BCUT2D eigenvalue weighted by atomic mass is 32.2. The second kappa shape index (κ2) is 5.53. The van der Waals surface area contributed by atoms with E-state index >= 15 is 0 Å². The fourth-order valence-corrected chi connectivity index (χ4v) is 5.37. The van der Waals surface area contributed by atoms with Crippen LogP contribution in [0, 0.1) is 29.5 Å². The summed E-state index contributed by atoms with van der Waals surface area (Å²) in [5, 5.41) is 8.23. The molecule has 0 saturated heterocycles.